The van der Waals surface area contributed by atoms with Gasteiger partial charge in [-0.2, -0.15) is 22.0 Å². The monoisotopic (exact) mass is 360 g/mol. The molecule has 0 aromatic heterocycles. The lowest BCUT2D eigenvalue weighted by molar-refractivity contribution is -0.293. The molecule has 0 unspecified atom stereocenters. The maximum absolute atomic E-state index is 12.1. The van der Waals surface area contributed by atoms with Crippen LogP contribution in [0.5, 0.6) is 0 Å². The van der Waals surface area contributed by atoms with Crippen molar-refractivity contribution in [2.75, 3.05) is 6.61 Å². The number of carbonyl (C=O) groups excluding carboxylic acids is 2. The third-order valence-electron chi connectivity index (χ3n) is 1.90. The number of hydrogen-bond donors (Lipinski definition) is 0. The van der Waals surface area contributed by atoms with Crippen molar-refractivity contribution in [2.45, 2.75) is 52.3 Å². The van der Waals surface area contributed by atoms with E-state index >= 15 is 0 Å². The van der Waals surface area contributed by atoms with Crippen molar-refractivity contribution < 1.29 is 41.0 Å². The lowest BCUT2D eigenvalue weighted by Gasteiger charge is -2.19. The van der Waals surface area contributed by atoms with Gasteiger partial charge >= 0.3 is 24.0 Å². The molecule has 0 aliphatic carbocycles. The van der Waals surface area contributed by atoms with Crippen LogP contribution in [0.4, 0.5) is 22.0 Å². The van der Waals surface area contributed by atoms with E-state index in [-0.39, 0.29) is 11.5 Å². The first-order valence-electron chi connectivity index (χ1n) is 6.56. The summed E-state index contributed by atoms with van der Waals surface area (Å²) in [5.74, 6) is -6.64. The van der Waals surface area contributed by atoms with Crippen LogP contribution in [-0.2, 0) is 19.1 Å². The normalized spacial score (nSPS) is 11.8. The van der Waals surface area contributed by atoms with Gasteiger partial charge in [0.1, 0.15) is 5.60 Å². The Morgan fingerprint density at radius 1 is 0.875 bits per heavy atom. The molecule has 0 bridgehead atoms. The number of halogens is 5. The summed E-state index contributed by atoms with van der Waals surface area (Å²) >= 11 is 0. The first kappa shape index (κ1) is 24.3. The number of rotatable bonds is 4. The van der Waals surface area contributed by atoms with Crippen LogP contribution in [0.3, 0.4) is 0 Å². The molecule has 0 amide bonds. The van der Waals surface area contributed by atoms with E-state index in [0.717, 1.165) is 6.92 Å². The van der Waals surface area contributed by atoms with Crippen LogP contribution in [-0.4, -0.2) is 36.2 Å². The van der Waals surface area contributed by atoms with Crippen LogP contribution in [0.1, 0.15) is 34.6 Å². The van der Waals surface area contributed by atoms with Crippen molar-refractivity contribution >= 4 is 11.9 Å². The Kier molecular flexibility index (Phi) is 8.91. The summed E-state index contributed by atoms with van der Waals surface area (Å²) in [5, 5.41) is 0. The Morgan fingerprint density at radius 3 is 1.46 bits per heavy atom. The van der Waals surface area contributed by atoms with E-state index in [1.165, 1.54) is 0 Å². The molecule has 0 N–H and O–H groups in total. The maximum atomic E-state index is 12.1. The molecule has 0 aliphatic heterocycles. The van der Waals surface area contributed by atoms with Crippen LogP contribution >= 0.6 is 0 Å². The van der Waals surface area contributed by atoms with Crippen LogP contribution in [0, 0.1) is 0 Å². The van der Waals surface area contributed by atoms with E-state index in [2.05, 4.69) is 17.9 Å². The summed E-state index contributed by atoms with van der Waals surface area (Å²) in [7, 11) is 0. The molecule has 0 atom stereocenters. The number of carbonyl (C=O) groups is 2. The average molecular weight is 360 g/mol. The quantitative estimate of drug-likeness (QED) is 0.428. The van der Waals surface area contributed by atoms with E-state index in [1.54, 1.807) is 6.92 Å². The van der Waals surface area contributed by atoms with E-state index in [0.29, 0.717) is 5.57 Å². The third kappa shape index (κ3) is 10.7. The van der Waals surface area contributed by atoms with Crippen molar-refractivity contribution in [3.63, 3.8) is 0 Å². The van der Waals surface area contributed by atoms with Crippen LogP contribution in [0.2, 0.25) is 0 Å². The minimum absolute atomic E-state index is 0.247. The summed E-state index contributed by atoms with van der Waals surface area (Å²) < 4.78 is 67.5. The van der Waals surface area contributed by atoms with Crippen molar-refractivity contribution in [1.82, 2.24) is 0 Å². The van der Waals surface area contributed by atoms with Gasteiger partial charge in [0.2, 0.25) is 0 Å². The summed E-state index contributed by atoms with van der Waals surface area (Å²) in [6.45, 7) is 12.7. The predicted octanol–water partition coefficient (Wildman–Crippen LogP) is 4.21. The fraction of sp³-hybridized carbons (Fsp3) is 0.600. The number of esters is 2. The second-order valence-corrected chi connectivity index (χ2v) is 5.84. The zero-order valence-electron chi connectivity index (χ0n) is 14.1. The molecule has 0 radical (unpaired) electrons. The third-order valence-corrected chi connectivity index (χ3v) is 1.90. The Balaban J connectivity index is 0. The molecule has 0 spiro atoms. The molecule has 0 fully saturated rings. The molecule has 0 aromatic carbocycles. The molecule has 4 nitrogen and oxygen atoms in total. The Bertz CT molecular complexity index is 487. The zero-order chi connectivity index (χ0) is 19.9. The largest absolute Gasteiger partial charge is 0.457 e. The molecule has 24 heavy (non-hydrogen) atoms. The van der Waals surface area contributed by atoms with Gasteiger partial charge in [-0.05, 0) is 34.6 Å². The van der Waals surface area contributed by atoms with Gasteiger partial charge in [0.25, 0.3) is 0 Å². The second-order valence-electron chi connectivity index (χ2n) is 5.84. The first-order chi connectivity index (χ1) is 10.4. The van der Waals surface area contributed by atoms with Gasteiger partial charge in [0.05, 0.1) is 0 Å². The lowest BCUT2D eigenvalue weighted by atomic mass is 10.2. The van der Waals surface area contributed by atoms with Crippen molar-refractivity contribution in [2.24, 2.45) is 0 Å². The summed E-state index contributed by atoms with van der Waals surface area (Å²) in [6, 6.07) is 0. The minimum atomic E-state index is -5.72. The van der Waals surface area contributed by atoms with Gasteiger partial charge < -0.3 is 9.47 Å². The summed E-state index contributed by atoms with van der Waals surface area (Å²) in [4.78, 5) is 21.3. The first-order valence-corrected chi connectivity index (χ1v) is 6.56. The molecule has 140 valence electrons. The van der Waals surface area contributed by atoms with Crippen LogP contribution in [0.15, 0.2) is 24.3 Å². The van der Waals surface area contributed by atoms with Crippen molar-refractivity contribution in [3.8, 4) is 0 Å². The van der Waals surface area contributed by atoms with Crippen LogP contribution < -0.4 is 0 Å². The molecule has 0 rings (SSSR count). The molecule has 0 heterocycles. The van der Waals surface area contributed by atoms with Gasteiger partial charge in [-0.15, -0.1) is 0 Å². The fourth-order valence-corrected chi connectivity index (χ4v) is 0.726. The highest BCUT2D eigenvalue weighted by atomic mass is 19.4. The molecule has 0 saturated carbocycles. The lowest BCUT2D eigenvalue weighted by Crippen LogP contribution is -2.41. The second kappa shape index (κ2) is 8.79. The van der Waals surface area contributed by atoms with Crippen LogP contribution in [0.25, 0.3) is 0 Å². The topological polar surface area (TPSA) is 52.6 Å². The highest BCUT2D eigenvalue weighted by molar-refractivity contribution is 5.87. The molecule has 0 aliphatic rings. The molecule has 0 saturated heterocycles. The molecular weight excluding hydrogens is 339 g/mol. The summed E-state index contributed by atoms with van der Waals surface area (Å²) in [6.07, 6.45) is -5.72. The maximum Gasteiger partial charge on any atom is 0.456 e. The number of alkyl halides is 5. The average Bonchev–Trinajstić information content (AvgIpc) is 2.33. The molecular formula is C15H21F5O4. The van der Waals surface area contributed by atoms with Gasteiger partial charge in [-0.1, -0.05) is 13.2 Å². The smallest absolute Gasteiger partial charge is 0.456 e. The predicted molar refractivity (Wildman–Crippen MR) is 77.4 cm³/mol. The highest BCUT2D eigenvalue weighted by Gasteiger charge is 2.58. The van der Waals surface area contributed by atoms with E-state index in [4.69, 9.17) is 4.74 Å². The van der Waals surface area contributed by atoms with Gasteiger partial charge in [0.15, 0.2) is 6.61 Å². The Hall–Kier alpha value is -1.93. The van der Waals surface area contributed by atoms with Gasteiger partial charge in [-0.3, -0.25) is 0 Å². The van der Waals surface area contributed by atoms with Crippen molar-refractivity contribution in [3.05, 3.63) is 24.3 Å². The zero-order valence-corrected chi connectivity index (χ0v) is 14.1. The number of hydrogen-bond acceptors (Lipinski definition) is 4. The highest BCUT2D eigenvalue weighted by Crippen LogP contribution is 2.35. The minimum Gasteiger partial charge on any atom is -0.457 e. The standard InChI is InChI=1S/C8H14O2.C7H7F5O2/c1-6(2)7(9)10-8(3,4)5;1-4(2)5(13)14-3-6(8,9)7(10,11)12/h1H2,2-5H3;1,3H2,2H3. The number of ether oxygens (including phenoxy) is 2. The molecule has 0 aromatic rings. The van der Waals surface area contributed by atoms with E-state index in [1.807, 2.05) is 20.8 Å². The Labute approximate surface area is 137 Å². The molecule has 9 heteroatoms. The SMILES string of the molecule is C=C(C)C(=O)OC(C)(C)C.C=C(C)C(=O)OCC(F)(F)C(F)(F)F. The summed E-state index contributed by atoms with van der Waals surface area (Å²) in [5.41, 5.74) is -0.214. The van der Waals surface area contributed by atoms with E-state index in [9.17, 15) is 31.5 Å². The van der Waals surface area contributed by atoms with E-state index < -0.39 is 30.3 Å². The Morgan fingerprint density at radius 2 is 1.25 bits per heavy atom. The van der Waals surface area contributed by atoms with Gasteiger partial charge in [-0.25, -0.2) is 9.59 Å². The fourth-order valence-electron chi connectivity index (χ4n) is 0.726. The van der Waals surface area contributed by atoms with Crippen molar-refractivity contribution in [1.29, 1.82) is 0 Å². The van der Waals surface area contributed by atoms with Gasteiger partial charge in [0, 0.05) is 11.1 Å².